The Bertz CT molecular complexity index is 1240. The number of rotatable bonds is 6. The number of Topliss-reactive ketones (excluding diaryl/α,β-unsaturated/α-hetero) is 1. The Morgan fingerprint density at radius 2 is 1.59 bits per heavy atom. The quantitative estimate of drug-likeness (QED) is 0.202. The van der Waals surface area contributed by atoms with Crippen LogP contribution in [-0.4, -0.2) is 115 Å². The molecule has 41 heavy (non-hydrogen) atoms. The molecule has 0 aliphatic carbocycles. The van der Waals surface area contributed by atoms with Gasteiger partial charge in [-0.05, 0) is 24.6 Å². The average Bonchev–Trinajstić information content (AvgIpc) is 2.94. The molecule has 11 atom stereocenters. The summed E-state index contributed by atoms with van der Waals surface area (Å²) in [5, 5.41) is 81.6. The van der Waals surface area contributed by atoms with E-state index in [-0.39, 0.29) is 29.2 Å². The van der Waals surface area contributed by atoms with Gasteiger partial charge in [-0.25, -0.2) is 0 Å². The van der Waals surface area contributed by atoms with Gasteiger partial charge in [0, 0.05) is 12.1 Å². The van der Waals surface area contributed by atoms with Gasteiger partial charge in [-0.1, -0.05) is 12.1 Å². The number of aromatic hydroxyl groups is 2. The molecule has 2 aromatic rings. The fourth-order valence-corrected chi connectivity index (χ4v) is 5.07. The summed E-state index contributed by atoms with van der Waals surface area (Å²) in [5.41, 5.74) is 0.529. The standard InChI is InChI=1S/C27H32O14/c1-10-20(32)22(34)24(36)26(37-10)41-25-23(35)21(33)18(9-28)40-27(25)38-13-6-14(30)19-15(31)8-16(39-17(19)7-13)11-2-4-12(29)5-3-11/h2-7,10,16,18,20-30,32-36H,8-9H2,1H3/t10-,16+,18+,20-,21+,22+,23-,24+,25+,26-,27+/m0/s1. The van der Waals surface area contributed by atoms with Gasteiger partial charge >= 0.3 is 0 Å². The molecule has 2 fully saturated rings. The molecule has 14 heteroatoms. The zero-order valence-electron chi connectivity index (χ0n) is 21.8. The molecule has 2 aromatic carbocycles. The van der Waals surface area contributed by atoms with Crippen molar-refractivity contribution in [3.05, 3.63) is 47.5 Å². The lowest BCUT2D eigenvalue weighted by Gasteiger charge is -2.45. The molecule has 8 N–H and O–H groups in total. The molecule has 0 saturated carbocycles. The first kappa shape index (κ1) is 29.4. The van der Waals surface area contributed by atoms with Crippen LogP contribution in [0.15, 0.2) is 36.4 Å². The fraction of sp³-hybridized carbons (Fsp3) is 0.519. The number of hydrogen-bond acceptors (Lipinski definition) is 14. The minimum Gasteiger partial charge on any atom is -0.508 e. The van der Waals surface area contributed by atoms with Gasteiger partial charge in [0.25, 0.3) is 0 Å². The molecule has 3 aliphatic heterocycles. The van der Waals surface area contributed by atoms with Gasteiger partial charge in [0.2, 0.25) is 6.29 Å². The molecule has 0 unspecified atom stereocenters. The summed E-state index contributed by atoms with van der Waals surface area (Å²) >= 11 is 0. The highest BCUT2D eigenvalue weighted by molar-refractivity contribution is 6.02. The number of phenols is 2. The Morgan fingerprint density at radius 1 is 0.878 bits per heavy atom. The number of aliphatic hydroxyl groups is 6. The van der Waals surface area contributed by atoms with E-state index in [0.29, 0.717) is 5.56 Å². The number of fused-ring (bicyclic) bond motifs is 1. The molecular formula is C27H32O14. The number of hydrogen-bond donors (Lipinski definition) is 8. The van der Waals surface area contributed by atoms with Gasteiger partial charge in [0.05, 0.1) is 19.1 Å². The highest BCUT2D eigenvalue weighted by atomic mass is 16.8. The van der Waals surface area contributed by atoms with E-state index in [1.807, 2.05) is 0 Å². The van der Waals surface area contributed by atoms with E-state index in [1.54, 1.807) is 12.1 Å². The topological polar surface area (TPSA) is 225 Å². The van der Waals surface area contributed by atoms with Crippen molar-refractivity contribution in [1.29, 1.82) is 0 Å². The van der Waals surface area contributed by atoms with E-state index in [9.17, 15) is 45.6 Å². The lowest BCUT2D eigenvalue weighted by atomic mass is 9.95. The van der Waals surface area contributed by atoms with Gasteiger partial charge in [-0.15, -0.1) is 0 Å². The minimum atomic E-state index is -1.75. The summed E-state index contributed by atoms with van der Waals surface area (Å²) in [7, 11) is 0. The van der Waals surface area contributed by atoms with Crippen LogP contribution < -0.4 is 9.47 Å². The minimum absolute atomic E-state index is 0.0149. The summed E-state index contributed by atoms with van der Waals surface area (Å²) in [5.74, 6) is -0.947. The Labute approximate surface area is 233 Å². The first-order valence-electron chi connectivity index (χ1n) is 13.0. The van der Waals surface area contributed by atoms with Gasteiger partial charge in [-0.2, -0.15) is 0 Å². The third-order valence-corrected chi connectivity index (χ3v) is 7.42. The van der Waals surface area contributed by atoms with Crippen molar-refractivity contribution >= 4 is 5.78 Å². The number of benzene rings is 2. The van der Waals surface area contributed by atoms with Crippen LogP contribution >= 0.6 is 0 Å². The summed E-state index contributed by atoms with van der Waals surface area (Å²) in [6, 6.07) is 8.50. The average molecular weight is 581 g/mol. The van der Waals surface area contributed by atoms with Crippen molar-refractivity contribution < 1.29 is 69.3 Å². The van der Waals surface area contributed by atoms with Crippen molar-refractivity contribution in [2.75, 3.05) is 6.61 Å². The van der Waals surface area contributed by atoms with Crippen LogP contribution in [0.1, 0.15) is 35.4 Å². The van der Waals surface area contributed by atoms with Gasteiger partial charge < -0.3 is 64.5 Å². The van der Waals surface area contributed by atoms with Crippen molar-refractivity contribution in [1.82, 2.24) is 0 Å². The lowest BCUT2D eigenvalue weighted by Crippen LogP contribution is -2.64. The largest absolute Gasteiger partial charge is 0.508 e. The van der Waals surface area contributed by atoms with Gasteiger partial charge in [-0.3, -0.25) is 4.79 Å². The molecule has 5 rings (SSSR count). The van der Waals surface area contributed by atoms with Crippen molar-refractivity contribution in [3.8, 4) is 23.0 Å². The van der Waals surface area contributed by atoms with E-state index in [1.165, 1.54) is 25.1 Å². The first-order chi connectivity index (χ1) is 19.5. The highest BCUT2D eigenvalue weighted by Crippen LogP contribution is 2.43. The van der Waals surface area contributed by atoms with Crippen molar-refractivity contribution in [2.24, 2.45) is 0 Å². The predicted molar refractivity (Wildman–Crippen MR) is 134 cm³/mol. The number of carbonyl (C=O) groups is 1. The smallest absolute Gasteiger partial charge is 0.229 e. The second-order valence-corrected chi connectivity index (χ2v) is 10.2. The Hall–Kier alpha value is -3.05. The SMILES string of the molecule is C[C@@H]1O[C@@H](O[C@H]2[C@H](Oc3cc(O)c4c(c3)O[C@@H](c3ccc(O)cc3)CC4=O)O[C@H](CO)[C@@H](O)[C@@H]2O)[C@H](O)[C@H](O)[C@H]1O. The third kappa shape index (κ3) is 5.70. The maximum Gasteiger partial charge on any atom is 0.229 e. The number of ketones is 1. The molecule has 0 radical (unpaired) electrons. The number of carbonyl (C=O) groups excluding carboxylic acids is 1. The summed E-state index contributed by atoms with van der Waals surface area (Å²) in [6.07, 6.45) is -16.0. The fourth-order valence-electron chi connectivity index (χ4n) is 5.07. The molecule has 3 heterocycles. The van der Waals surface area contributed by atoms with E-state index in [0.717, 1.165) is 6.07 Å². The summed E-state index contributed by atoms with van der Waals surface area (Å²) in [6.45, 7) is 0.716. The van der Waals surface area contributed by atoms with Crippen molar-refractivity contribution in [3.63, 3.8) is 0 Å². The van der Waals surface area contributed by atoms with Crippen LogP contribution in [0.25, 0.3) is 0 Å². The number of aliphatic hydroxyl groups excluding tert-OH is 6. The summed E-state index contributed by atoms with van der Waals surface area (Å²) in [4.78, 5) is 12.9. The van der Waals surface area contributed by atoms with Crippen LogP contribution in [0, 0.1) is 0 Å². The maximum absolute atomic E-state index is 12.9. The normalized spacial score (nSPS) is 37.2. The van der Waals surface area contributed by atoms with E-state index >= 15 is 0 Å². The Morgan fingerprint density at radius 3 is 2.27 bits per heavy atom. The Kier molecular flexibility index (Phi) is 8.39. The van der Waals surface area contributed by atoms with Crippen LogP contribution in [-0.2, 0) is 14.2 Å². The zero-order chi connectivity index (χ0) is 29.6. The number of phenolic OH excluding ortho intramolecular Hbond substituents is 2. The lowest BCUT2D eigenvalue weighted by molar-refractivity contribution is -0.354. The van der Waals surface area contributed by atoms with Crippen molar-refractivity contribution in [2.45, 2.75) is 80.9 Å². The van der Waals surface area contributed by atoms with Crippen LogP contribution in [0.4, 0.5) is 0 Å². The van der Waals surface area contributed by atoms with Crippen LogP contribution in [0.5, 0.6) is 23.0 Å². The summed E-state index contributed by atoms with van der Waals surface area (Å²) < 4.78 is 28.6. The van der Waals surface area contributed by atoms with Gasteiger partial charge in [0.1, 0.15) is 71.3 Å². The van der Waals surface area contributed by atoms with Gasteiger partial charge in [0.15, 0.2) is 18.2 Å². The first-order valence-corrected chi connectivity index (χ1v) is 13.0. The second-order valence-electron chi connectivity index (χ2n) is 10.2. The predicted octanol–water partition coefficient (Wildman–Crippen LogP) is -1.17. The van der Waals surface area contributed by atoms with Crippen LogP contribution in [0.2, 0.25) is 0 Å². The Balaban J connectivity index is 1.41. The zero-order valence-corrected chi connectivity index (χ0v) is 21.8. The monoisotopic (exact) mass is 580 g/mol. The molecule has 2 saturated heterocycles. The van der Waals surface area contributed by atoms with E-state index < -0.39 is 85.7 Å². The molecule has 0 amide bonds. The molecule has 0 bridgehead atoms. The van der Waals surface area contributed by atoms with Crippen LogP contribution in [0.3, 0.4) is 0 Å². The molecule has 14 nitrogen and oxygen atoms in total. The maximum atomic E-state index is 12.9. The molecule has 224 valence electrons. The molecule has 3 aliphatic rings. The molecule has 0 spiro atoms. The second kappa shape index (κ2) is 11.7. The highest BCUT2D eigenvalue weighted by Gasteiger charge is 2.51. The molecular weight excluding hydrogens is 548 g/mol. The third-order valence-electron chi connectivity index (χ3n) is 7.42. The molecule has 0 aromatic heterocycles. The van der Waals surface area contributed by atoms with E-state index in [4.69, 9.17) is 23.7 Å². The number of ether oxygens (including phenoxy) is 5. The van der Waals surface area contributed by atoms with E-state index in [2.05, 4.69) is 0 Å².